The molecule has 0 aromatic heterocycles. The summed E-state index contributed by atoms with van der Waals surface area (Å²) in [5, 5.41) is 0. The highest BCUT2D eigenvalue weighted by Crippen LogP contribution is 2.28. The molecule has 0 fully saturated rings. The van der Waals surface area contributed by atoms with Crippen LogP contribution in [-0.2, 0) is 0 Å². The van der Waals surface area contributed by atoms with E-state index in [1.807, 2.05) is 12.1 Å². The predicted octanol–water partition coefficient (Wildman–Crippen LogP) is 3.31. The van der Waals surface area contributed by atoms with Crippen molar-refractivity contribution in [1.82, 2.24) is 0 Å². The lowest BCUT2D eigenvalue weighted by atomic mass is 9.94. The van der Waals surface area contributed by atoms with Crippen LogP contribution in [0.5, 0.6) is 0 Å². The maximum atomic E-state index is 12.7. The van der Waals surface area contributed by atoms with Crippen molar-refractivity contribution in [1.29, 1.82) is 0 Å². The predicted molar refractivity (Wildman–Crippen MR) is 95.0 cm³/mol. The molecule has 3 rings (SSSR count). The van der Waals surface area contributed by atoms with Gasteiger partial charge in [-0.15, -0.1) is 0 Å². The fraction of sp³-hybridized carbons (Fsp3) is 0. The minimum absolute atomic E-state index is 0.109. The maximum absolute atomic E-state index is 12.7. The number of carbonyl (C=O) groups excluding carboxylic acids is 2. The van der Waals surface area contributed by atoms with Gasteiger partial charge in [0.15, 0.2) is 11.6 Å². The summed E-state index contributed by atoms with van der Waals surface area (Å²) in [7, 11) is 0. The summed E-state index contributed by atoms with van der Waals surface area (Å²) in [4.78, 5) is 25.4. The normalized spacial score (nSPS) is 10.3. The summed E-state index contributed by atoms with van der Waals surface area (Å²) in [6.45, 7) is 0. The standard InChI is InChI=1S/C20H16N2O2/c21-16-12-11-15(19(23)13-7-3-1-4-8-13)18(22)17(16)20(24)14-9-5-2-6-10-14/h1-12H,21-22H2. The quantitative estimate of drug-likeness (QED) is 0.571. The Bertz CT molecular complexity index is 904. The number of carbonyl (C=O) groups is 2. The third-order valence-corrected chi connectivity index (χ3v) is 3.82. The molecule has 0 spiro atoms. The van der Waals surface area contributed by atoms with Crippen LogP contribution in [0.2, 0.25) is 0 Å². The van der Waals surface area contributed by atoms with Crippen molar-refractivity contribution in [2.45, 2.75) is 0 Å². The Hall–Kier alpha value is -3.40. The van der Waals surface area contributed by atoms with Crippen molar-refractivity contribution >= 4 is 22.9 Å². The highest BCUT2D eigenvalue weighted by Gasteiger charge is 2.21. The lowest BCUT2D eigenvalue weighted by Gasteiger charge is -2.12. The Balaban J connectivity index is 2.09. The van der Waals surface area contributed by atoms with E-state index in [9.17, 15) is 9.59 Å². The van der Waals surface area contributed by atoms with Gasteiger partial charge >= 0.3 is 0 Å². The third kappa shape index (κ3) is 2.77. The third-order valence-electron chi connectivity index (χ3n) is 3.82. The van der Waals surface area contributed by atoms with Gasteiger partial charge in [-0.2, -0.15) is 0 Å². The molecule has 0 saturated heterocycles. The van der Waals surface area contributed by atoms with Gasteiger partial charge in [0.25, 0.3) is 0 Å². The number of ketones is 2. The zero-order valence-corrected chi connectivity index (χ0v) is 12.9. The summed E-state index contributed by atoms with van der Waals surface area (Å²) < 4.78 is 0. The fourth-order valence-electron chi connectivity index (χ4n) is 2.57. The molecule has 0 aliphatic heterocycles. The molecule has 118 valence electrons. The van der Waals surface area contributed by atoms with Crippen LogP contribution in [0.1, 0.15) is 31.8 Å². The van der Waals surface area contributed by atoms with Crippen LogP contribution in [0, 0.1) is 0 Å². The second-order valence-electron chi connectivity index (χ2n) is 5.38. The van der Waals surface area contributed by atoms with Gasteiger partial charge in [0.05, 0.1) is 11.3 Å². The summed E-state index contributed by atoms with van der Waals surface area (Å²) in [6.07, 6.45) is 0. The molecule has 0 aliphatic carbocycles. The lowest BCUT2D eigenvalue weighted by Crippen LogP contribution is -2.14. The number of benzene rings is 3. The number of rotatable bonds is 4. The largest absolute Gasteiger partial charge is 0.398 e. The van der Waals surface area contributed by atoms with E-state index in [1.165, 1.54) is 0 Å². The Morgan fingerprint density at radius 3 is 1.67 bits per heavy atom. The number of anilines is 2. The molecule has 0 saturated carbocycles. The van der Waals surface area contributed by atoms with E-state index in [4.69, 9.17) is 11.5 Å². The van der Waals surface area contributed by atoms with Gasteiger partial charge in [-0.05, 0) is 12.1 Å². The van der Waals surface area contributed by atoms with E-state index in [0.717, 1.165) is 0 Å². The van der Waals surface area contributed by atoms with E-state index >= 15 is 0 Å². The molecule has 0 heterocycles. The molecular formula is C20H16N2O2. The molecule has 0 unspecified atom stereocenters. The first kappa shape index (κ1) is 15.5. The minimum atomic E-state index is -0.298. The van der Waals surface area contributed by atoms with Gasteiger partial charge in [-0.25, -0.2) is 0 Å². The van der Waals surface area contributed by atoms with E-state index in [0.29, 0.717) is 11.1 Å². The number of nitrogens with two attached hydrogens (primary N) is 2. The highest BCUT2D eigenvalue weighted by molar-refractivity contribution is 6.20. The SMILES string of the molecule is Nc1ccc(C(=O)c2ccccc2)c(N)c1C(=O)c1ccccc1. The first-order valence-electron chi connectivity index (χ1n) is 7.47. The average Bonchev–Trinajstić information content (AvgIpc) is 2.63. The van der Waals surface area contributed by atoms with Crippen molar-refractivity contribution in [3.63, 3.8) is 0 Å². The highest BCUT2D eigenvalue weighted by atomic mass is 16.1. The Morgan fingerprint density at radius 1 is 0.625 bits per heavy atom. The van der Waals surface area contributed by atoms with Crippen LogP contribution in [0.15, 0.2) is 72.8 Å². The van der Waals surface area contributed by atoms with Crippen molar-refractivity contribution in [3.8, 4) is 0 Å². The molecule has 0 atom stereocenters. The van der Waals surface area contributed by atoms with Gasteiger partial charge in [-0.1, -0.05) is 60.7 Å². The van der Waals surface area contributed by atoms with E-state index in [-0.39, 0.29) is 34.1 Å². The van der Waals surface area contributed by atoms with Crippen molar-refractivity contribution in [2.24, 2.45) is 0 Å². The number of hydrogen-bond acceptors (Lipinski definition) is 4. The van der Waals surface area contributed by atoms with Crippen molar-refractivity contribution in [3.05, 3.63) is 95.1 Å². The molecule has 0 aliphatic rings. The van der Waals surface area contributed by atoms with Crippen LogP contribution in [0.25, 0.3) is 0 Å². The Labute approximate surface area is 139 Å². The van der Waals surface area contributed by atoms with Crippen LogP contribution < -0.4 is 11.5 Å². The summed E-state index contributed by atoms with van der Waals surface area (Å²) in [5.41, 5.74) is 13.9. The average molecular weight is 316 g/mol. The summed E-state index contributed by atoms with van der Waals surface area (Å²) >= 11 is 0. The number of nitrogen functional groups attached to an aromatic ring is 2. The summed E-state index contributed by atoms with van der Waals surface area (Å²) in [5.74, 6) is -0.538. The van der Waals surface area contributed by atoms with Crippen molar-refractivity contribution < 1.29 is 9.59 Å². The Kier molecular flexibility index (Phi) is 4.12. The van der Waals surface area contributed by atoms with Crippen LogP contribution >= 0.6 is 0 Å². The second kappa shape index (κ2) is 6.38. The van der Waals surface area contributed by atoms with E-state index < -0.39 is 0 Å². The van der Waals surface area contributed by atoms with Crippen LogP contribution in [0.4, 0.5) is 11.4 Å². The first-order valence-corrected chi connectivity index (χ1v) is 7.47. The molecule has 0 bridgehead atoms. The van der Waals surface area contributed by atoms with Gasteiger partial charge in [0.2, 0.25) is 0 Å². The lowest BCUT2D eigenvalue weighted by molar-refractivity contribution is 0.103. The van der Waals surface area contributed by atoms with Crippen LogP contribution in [-0.4, -0.2) is 11.6 Å². The van der Waals surface area contributed by atoms with E-state index in [2.05, 4.69) is 0 Å². The topological polar surface area (TPSA) is 86.2 Å². The molecule has 4 heteroatoms. The molecule has 24 heavy (non-hydrogen) atoms. The monoisotopic (exact) mass is 316 g/mol. The molecule has 4 nitrogen and oxygen atoms in total. The van der Waals surface area contributed by atoms with E-state index in [1.54, 1.807) is 60.7 Å². The van der Waals surface area contributed by atoms with Gasteiger partial charge in [0, 0.05) is 22.4 Å². The van der Waals surface area contributed by atoms with Crippen LogP contribution in [0.3, 0.4) is 0 Å². The molecule has 3 aromatic carbocycles. The molecule has 3 aromatic rings. The summed E-state index contributed by atoms with van der Waals surface area (Å²) in [6, 6.07) is 20.6. The van der Waals surface area contributed by atoms with Gasteiger partial charge in [-0.3, -0.25) is 9.59 Å². The zero-order chi connectivity index (χ0) is 17.1. The van der Waals surface area contributed by atoms with Gasteiger partial charge in [0.1, 0.15) is 0 Å². The zero-order valence-electron chi connectivity index (χ0n) is 12.9. The Morgan fingerprint density at radius 2 is 1.12 bits per heavy atom. The molecular weight excluding hydrogens is 300 g/mol. The van der Waals surface area contributed by atoms with Crippen molar-refractivity contribution in [2.75, 3.05) is 11.5 Å². The smallest absolute Gasteiger partial charge is 0.197 e. The first-order chi connectivity index (χ1) is 11.6. The fourth-order valence-corrected chi connectivity index (χ4v) is 2.57. The molecule has 4 N–H and O–H groups in total. The second-order valence-corrected chi connectivity index (χ2v) is 5.38. The number of hydrogen-bond donors (Lipinski definition) is 2. The maximum Gasteiger partial charge on any atom is 0.197 e. The minimum Gasteiger partial charge on any atom is -0.398 e. The van der Waals surface area contributed by atoms with Gasteiger partial charge < -0.3 is 11.5 Å². The molecule has 0 amide bonds. The molecule has 0 radical (unpaired) electrons.